The number of hydrazone groups is 1. The molecule has 0 spiro atoms. The third-order valence-electron chi connectivity index (χ3n) is 3.58. The molecule has 2 rings (SSSR count). The number of nitrogens with zero attached hydrogens (tertiary/aromatic N) is 2. The first-order chi connectivity index (χ1) is 10.7. The summed E-state index contributed by atoms with van der Waals surface area (Å²) in [5.41, 5.74) is -2.00. The van der Waals surface area contributed by atoms with Crippen molar-refractivity contribution in [3.05, 3.63) is 35.4 Å². The van der Waals surface area contributed by atoms with Gasteiger partial charge in [-0.15, -0.1) is 0 Å². The number of hydrogen-bond acceptors (Lipinski definition) is 4. The first-order valence-electron chi connectivity index (χ1n) is 7.15. The van der Waals surface area contributed by atoms with Crippen LogP contribution < -0.4 is 0 Å². The molecule has 0 fully saturated rings. The van der Waals surface area contributed by atoms with Gasteiger partial charge in [-0.25, -0.2) is 4.79 Å². The van der Waals surface area contributed by atoms with Gasteiger partial charge in [0.1, 0.15) is 0 Å². The molecular formula is C15H17F3N2O3. The Morgan fingerprint density at radius 2 is 1.96 bits per heavy atom. The van der Waals surface area contributed by atoms with Crippen LogP contribution in [0.15, 0.2) is 29.4 Å². The summed E-state index contributed by atoms with van der Waals surface area (Å²) < 4.78 is 44.2. The fraction of sp³-hybridized carbons (Fsp3) is 0.467. The molecule has 1 aromatic carbocycles. The van der Waals surface area contributed by atoms with Crippen molar-refractivity contribution >= 4 is 11.8 Å². The van der Waals surface area contributed by atoms with E-state index in [1.807, 2.05) is 6.92 Å². The van der Waals surface area contributed by atoms with Gasteiger partial charge in [-0.3, -0.25) is 0 Å². The molecule has 0 radical (unpaired) electrons. The molecule has 1 heterocycles. The molecule has 0 saturated carbocycles. The van der Waals surface area contributed by atoms with Gasteiger partial charge in [0.15, 0.2) is 0 Å². The number of aliphatic hydroxyl groups is 1. The molecular weight excluding hydrogens is 313 g/mol. The highest BCUT2D eigenvalue weighted by atomic mass is 19.4. The predicted octanol–water partition coefficient (Wildman–Crippen LogP) is 3.07. The number of halogens is 3. The Labute approximate surface area is 131 Å². The highest BCUT2D eigenvalue weighted by Gasteiger charge is 2.64. The van der Waals surface area contributed by atoms with Gasteiger partial charge >= 0.3 is 12.3 Å². The van der Waals surface area contributed by atoms with Gasteiger partial charge in [-0.2, -0.15) is 23.3 Å². The van der Waals surface area contributed by atoms with Crippen LogP contribution in [0.5, 0.6) is 0 Å². The molecule has 0 aliphatic carbocycles. The number of carbonyl (C=O) groups is 1. The molecule has 5 nitrogen and oxygen atoms in total. The van der Waals surface area contributed by atoms with E-state index in [1.54, 1.807) is 24.3 Å². The van der Waals surface area contributed by atoms with Crippen LogP contribution in [0.25, 0.3) is 0 Å². The minimum Gasteiger partial charge on any atom is -0.448 e. The van der Waals surface area contributed by atoms with Crippen molar-refractivity contribution in [1.29, 1.82) is 0 Å². The fourth-order valence-corrected chi connectivity index (χ4v) is 2.24. The minimum atomic E-state index is -5.06. The van der Waals surface area contributed by atoms with Crippen LogP contribution in [-0.4, -0.2) is 40.4 Å². The van der Waals surface area contributed by atoms with Gasteiger partial charge < -0.3 is 9.84 Å². The summed E-state index contributed by atoms with van der Waals surface area (Å²) in [6.07, 6.45) is -6.46. The van der Waals surface area contributed by atoms with E-state index in [-0.39, 0.29) is 17.3 Å². The van der Waals surface area contributed by atoms with Crippen molar-refractivity contribution in [2.75, 3.05) is 6.61 Å². The van der Waals surface area contributed by atoms with Crippen LogP contribution in [0.1, 0.15) is 31.4 Å². The van der Waals surface area contributed by atoms with E-state index >= 15 is 0 Å². The van der Waals surface area contributed by atoms with Gasteiger partial charge in [0.25, 0.3) is 5.72 Å². The van der Waals surface area contributed by atoms with Crippen LogP contribution in [0.2, 0.25) is 0 Å². The quantitative estimate of drug-likeness (QED) is 0.926. The lowest BCUT2D eigenvalue weighted by Gasteiger charge is -2.31. The molecule has 126 valence electrons. The van der Waals surface area contributed by atoms with Crippen LogP contribution in [-0.2, 0) is 11.2 Å². The number of carbonyl (C=O) groups excluding carboxylic acids is 1. The molecule has 8 heteroatoms. The van der Waals surface area contributed by atoms with Gasteiger partial charge in [0.05, 0.1) is 18.7 Å². The van der Waals surface area contributed by atoms with Crippen molar-refractivity contribution in [3.63, 3.8) is 0 Å². The summed E-state index contributed by atoms with van der Waals surface area (Å²) in [6.45, 7) is 3.28. The second kappa shape index (κ2) is 6.19. The van der Waals surface area contributed by atoms with Crippen molar-refractivity contribution in [3.8, 4) is 0 Å². The number of aryl methyl sites for hydroxylation is 1. The van der Waals surface area contributed by atoms with Gasteiger partial charge in [0, 0.05) is 0 Å². The zero-order chi connectivity index (χ0) is 17.3. The monoisotopic (exact) mass is 330 g/mol. The highest BCUT2D eigenvalue weighted by Crippen LogP contribution is 2.41. The molecule has 23 heavy (non-hydrogen) atoms. The maximum atomic E-state index is 13.2. The lowest BCUT2D eigenvalue weighted by Crippen LogP contribution is -2.56. The number of hydrogen-bond donors (Lipinski definition) is 1. The van der Waals surface area contributed by atoms with E-state index in [0.29, 0.717) is 5.56 Å². The molecule has 0 unspecified atom stereocenters. The van der Waals surface area contributed by atoms with Crippen molar-refractivity contribution in [2.45, 2.75) is 38.6 Å². The number of benzene rings is 1. The Kier molecular flexibility index (Phi) is 4.65. The van der Waals surface area contributed by atoms with Gasteiger partial charge in [0.2, 0.25) is 0 Å². The zero-order valence-electron chi connectivity index (χ0n) is 12.7. The van der Waals surface area contributed by atoms with E-state index in [0.717, 1.165) is 12.0 Å². The summed E-state index contributed by atoms with van der Waals surface area (Å²) >= 11 is 0. The van der Waals surface area contributed by atoms with Crippen LogP contribution in [0, 0.1) is 0 Å². The molecule has 1 aromatic rings. The summed E-state index contributed by atoms with van der Waals surface area (Å²) in [5.74, 6) is 0. The number of rotatable bonds is 3. The van der Waals surface area contributed by atoms with E-state index in [9.17, 15) is 23.1 Å². The van der Waals surface area contributed by atoms with E-state index < -0.39 is 24.4 Å². The Morgan fingerprint density at radius 3 is 2.43 bits per heavy atom. The summed E-state index contributed by atoms with van der Waals surface area (Å²) in [7, 11) is 0. The predicted molar refractivity (Wildman–Crippen MR) is 76.8 cm³/mol. The lowest BCUT2D eigenvalue weighted by atomic mass is 9.99. The second-order valence-electron chi connectivity index (χ2n) is 5.10. The molecule has 0 saturated heterocycles. The van der Waals surface area contributed by atoms with E-state index in [2.05, 4.69) is 9.84 Å². The Balaban J connectivity index is 2.38. The summed E-state index contributed by atoms with van der Waals surface area (Å²) in [6, 6.07) is 6.75. The summed E-state index contributed by atoms with van der Waals surface area (Å²) in [4.78, 5) is 11.7. The minimum absolute atomic E-state index is 0.0273. The summed E-state index contributed by atoms with van der Waals surface area (Å²) in [5, 5.41) is 13.6. The lowest BCUT2D eigenvalue weighted by molar-refractivity contribution is -0.299. The third-order valence-corrected chi connectivity index (χ3v) is 3.58. The Morgan fingerprint density at radius 1 is 1.35 bits per heavy atom. The molecule has 0 bridgehead atoms. The van der Waals surface area contributed by atoms with Crippen molar-refractivity contribution in [2.24, 2.45) is 5.10 Å². The first kappa shape index (κ1) is 17.3. The van der Waals surface area contributed by atoms with Crippen molar-refractivity contribution in [1.82, 2.24) is 5.01 Å². The average Bonchev–Trinajstić information content (AvgIpc) is 2.87. The fourth-order valence-electron chi connectivity index (χ4n) is 2.24. The van der Waals surface area contributed by atoms with Crippen LogP contribution >= 0.6 is 0 Å². The zero-order valence-corrected chi connectivity index (χ0v) is 12.7. The SMILES string of the molecule is CCOC(=O)N1N=C(c2ccc(CC)cc2)C[C@@]1(O)C(F)(F)F. The van der Waals surface area contributed by atoms with Gasteiger partial charge in [-0.05, 0) is 24.5 Å². The topological polar surface area (TPSA) is 62.1 Å². The van der Waals surface area contributed by atoms with Crippen LogP contribution in [0.3, 0.4) is 0 Å². The van der Waals surface area contributed by atoms with Crippen LogP contribution in [0.4, 0.5) is 18.0 Å². The third kappa shape index (κ3) is 3.17. The number of alkyl halides is 3. The molecule has 1 atom stereocenters. The van der Waals surface area contributed by atoms with Gasteiger partial charge in [-0.1, -0.05) is 31.2 Å². The van der Waals surface area contributed by atoms with E-state index in [4.69, 9.17) is 0 Å². The molecule has 1 aliphatic heterocycles. The Bertz CT molecular complexity index is 613. The molecule has 1 amide bonds. The average molecular weight is 330 g/mol. The second-order valence-corrected chi connectivity index (χ2v) is 5.10. The highest BCUT2D eigenvalue weighted by molar-refractivity contribution is 6.03. The first-order valence-corrected chi connectivity index (χ1v) is 7.15. The molecule has 1 N–H and O–H groups in total. The standard InChI is InChI=1S/C15H17F3N2O3/c1-3-10-5-7-11(8-6-10)12-9-14(22,15(16,17)18)20(19-12)13(21)23-4-2/h5-8,22H,3-4,9H2,1-2H3/t14-/m1/s1. The number of ether oxygens (including phenoxy) is 1. The van der Waals surface area contributed by atoms with Crippen molar-refractivity contribution < 1.29 is 27.8 Å². The maximum absolute atomic E-state index is 13.2. The molecule has 1 aliphatic rings. The largest absolute Gasteiger partial charge is 0.448 e. The normalized spacial score (nSPS) is 21.3. The smallest absolute Gasteiger partial charge is 0.439 e. The van der Waals surface area contributed by atoms with E-state index in [1.165, 1.54) is 6.92 Å². The Hall–Kier alpha value is -2.09. The number of amides is 1. The molecule has 0 aromatic heterocycles. The maximum Gasteiger partial charge on any atom is 0.439 e.